The predicted molar refractivity (Wildman–Crippen MR) is 106 cm³/mol. The average molecular weight is 397 g/mol. The van der Waals surface area contributed by atoms with E-state index in [0.29, 0.717) is 11.4 Å². The molecule has 0 aliphatic carbocycles. The molecule has 0 amide bonds. The minimum absolute atomic E-state index is 0.0640. The fourth-order valence-electron chi connectivity index (χ4n) is 2.59. The lowest BCUT2D eigenvalue weighted by Gasteiger charge is -2.07. The summed E-state index contributed by atoms with van der Waals surface area (Å²) in [4.78, 5) is 0.845. The van der Waals surface area contributed by atoms with Crippen LogP contribution in [0.5, 0.6) is 5.75 Å². The van der Waals surface area contributed by atoms with Crippen LogP contribution in [0.15, 0.2) is 83.2 Å². The Morgan fingerprint density at radius 1 is 0.963 bits per heavy atom. The number of para-hydroxylation sites is 1. The normalized spacial score (nSPS) is 11.4. The van der Waals surface area contributed by atoms with Crippen LogP contribution >= 0.6 is 11.3 Å². The highest BCUT2D eigenvalue weighted by molar-refractivity contribution is 7.92. The molecule has 0 fully saturated rings. The number of nitrogens with one attached hydrogen (secondary N) is 1. The highest BCUT2D eigenvalue weighted by atomic mass is 32.2. The van der Waals surface area contributed by atoms with Gasteiger partial charge in [-0.25, -0.2) is 13.1 Å². The number of benzene rings is 2. The summed E-state index contributed by atoms with van der Waals surface area (Å²) in [6.07, 6.45) is 1.51. The van der Waals surface area contributed by atoms with Crippen molar-refractivity contribution in [1.29, 1.82) is 0 Å². The molecule has 2 aromatic heterocycles. The molecule has 0 spiro atoms. The largest absolute Gasteiger partial charge is 0.508 e. The number of aromatic nitrogens is 2. The number of anilines is 1. The Morgan fingerprint density at radius 2 is 1.70 bits per heavy atom. The molecule has 0 radical (unpaired) electrons. The molecule has 0 aliphatic heterocycles. The standard InChI is InChI=1S/C19H15N3O3S2/c23-16-10-8-14(9-11-16)21-27(24,25)18-13-22(15-5-2-1-3-6-15)20-19(18)17-7-4-12-26-17/h1-13,21,23H. The number of thiophene rings is 1. The summed E-state index contributed by atoms with van der Waals surface area (Å²) >= 11 is 1.42. The Hall–Kier alpha value is -3.10. The number of hydrogen-bond donors (Lipinski definition) is 2. The van der Waals surface area contributed by atoms with Crippen LogP contribution in [0, 0.1) is 0 Å². The van der Waals surface area contributed by atoms with Crippen LogP contribution in [0.25, 0.3) is 16.3 Å². The molecule has 0 saturated heterocycles. The highest BCUT2D eigenvalue weighted by Crippen LogP contribution is 2.31. The van der Waals surface area contributed by atoms with E-state index < -0.39 is 10.0 Å². The molecule has 0 bridgehead atoms. The number of nitrogens with zero attached hydrogens (tertiary/aromatic N) is 2. The molecule has 2 aromatic carbocycles. The summed E-state index contributed by atoms with van der Waals surface area (Å²) in [5, 5.41) is 15.8. The zero-order valence-electron chi connectivity index (χ0n) is 14.0. The van der Waals surface area contributed by atoms with Crippen molar-refractivity contribution in [3.63, 3.8) is 0 Å². The molecule has 2 heterocycles. The monoisotopic (exact) mass is 397 g/mol. The van der Waals surface area contributed by atoms with E-state index in [-0.39, 0.29) is 10.6 Å². The molecule has 0 atom stereocenters. The molecule has 4 rings (SSSR count). The summed E-state index contributed by atoms with van der Waals surface area (Å²) in [7, 11) is -3.88. The van der Waals surface area contributed by atoms with Gasteiger partial charge < -0.3 is 5.11 Å². The van der Waals surface area contributed by atoms with Crippen LogP contribution < -0.4 is 4.72 Å². The van der Waals surface area contributed by atoms with Crippen LogP contribution in [0.1, 0.15) is 0 Å². The van der Waals surface area contributed by atoms with E-state index >= 15 is 0 Å². The van der Waals surface area contributed by atoms with Crippen LogP contribution in [0.4, 0.5) is 5.69 Å². The summed E-state index contributed by atoms with van der Waals surface area (Å²) in [5.41, 5.74) is 1.51. The molecule has 2 N–H and O–H groups in total. The molecular formula is C19H15N3O3S2. The molecule has 6 nitrogen and oxygen atoms in total. The van der Waals surface area contributed by atoms with Gasteiger partial charge in [0.25, 0.3) is 10.0 Å². The van der Waals surface area contributed by atoms with Crippen LogP contribution in [0.2, 0.25) is 0 Å². The van der Waals surface area contributed by atoms with Crippen molar-refractivity contribution in [2.24, 2.45) is 0 Å². The van der Waals surface area contributed by atoms with Gasteiger partial charge in [0.2, 0.25) is 0 Å². The molecule has 8 heteroatoms. The Balaban J connectivity index is 1.80. The van der Waals surface area contributed by atoms with E-state index in [4.69, 9.17) is 0 Å². The molecular weight excluding hydrogens is 382 g/mol. The minimum Gasteiger partial charge on any atom is -0.508 e. The molecule has 0 saturated carbocycles. The molecule has 0 unspecified atom stereocenters. The topological polar surface area (TPSA) is 84.2 Å². The lowest BCUT2D eigenvalue weighted by molar-refractivity contribution is 0.475. The average Bonchev–Trinajstić information content (AvgIpc) is 3.34. The number of rotatable bonds is 5. The Kier molecular flexibility index (Phi) is 4.43. The van der Waals surface area contributed by atoms with E-state index in [0.717, 1.165) is 10.6 Å². The minimum atomic E-state index is -3.88. The van der Waals surface area contributed by atoms with Gasteiger partial charge in [0.05, 0.1) is 16.8 Å². The van der Waals surface area contributed by atoms with Gasteiger partial charge >= 0.3 is 0 Å². The van der Waals surface area contributed by atoms with Crippen LogP contribution in [-0.2, 0) is 10.0 Å². The van der Waals surface area contributed by atoms with Crippen molar-refractivity contribution < 1.29 is 13.5 Å². The van der Waals surface area contributed by atoms with Gasteiger partial charge in [0, 0.05) is 5.69 Å². The number of hydrogen-bond acceptors (Lipinski definition) is 5. The van der Waals surface area contributed by atoms with Gasteiger partial charge in [-0.3, -0.25) is 4.72 Å². The molecule has 4 aromatic rings. The fraction of sp³-hybridized carbons (Fsp3) is 0. The highest BCUT2D eigenvalue weighted by Gasteiger charge is 2.25. The van der Waals surface area contributed by atoms with E-state index in [9.17, 15) is 13.5 Å². The SMILES string of the molecule is O=S(=O)(Nc1ccc(O)cc1)c1cn(-c2ccccc2)nc1-c1cccs1. The van der Waals surface area contributed by atoms with E-state index in [2.05, 4.69) is 9.82 Å². The second-order valence-electron chi connectivity index (χ2n) is 5.75. The third-order valence-corrected chi connectivity index (χ3v) is 6.12. The predicted octanol–water partition coefficient (Wildman–Crippen LogP) is 4.11. The van der Waals surface area contributed by atoms with Gasteiger partial charge in [0.1, 0.15) is 16.3 Å². The van der Waals surface area contributed by atoms with Gasteiger partial charge in [-0.2, -0.15) is 5.10 Å². The Morgan fingerprint density at radius 3 is 2.37 bits per heavy atom. The van der Waals surface area contributed by atoms with E-state index in [1.54, 1.807) is 4.68 Å². The third-order valence-electron chi connectivity index (χ3n) is 3.87. The maximum atomic E-state index is 13.0. The third kappa shape index (κ3) is 3.57. The first kappa shape index (κ1) is 17.3. The van der Waals surface area contributed by atoms with E-state index in [1.807, 2.05) is 47.8 Å². The molecule has 27 heavy (non-hydrogen) atoms. The number of phenolic OH excluding ortho intramolecular Hbond substituents is 1. The first-order valence-electron chi connectivity index (χ1n) is 8.04. The van der Waals surface area contributed by atoms with Gasteiger partial charge in [-0.05, 0) is 47.8 Å². The first-order chi connectivity index (χ1) is 13.0. The number of sulfonamides is 1. The lowest BCUT2D eigenvalue weighted by Crippen LogP contribution is -2.13. The van der Waals surface area contributed by atoms with Crippen LogP contribution in [0.3, 0.4) is 0 Å². The first-order valence-corrected chi connectivity index (χ1v) is 10.4. The zero-order valence-corrected chi connectivity index (χ0v) is 15.6. The maximum absolute atomic E-state index is 13.0. The maximum Gasteiger partial charge on any atom is 0.265 e. The summed E-state index contributed by atoms with van der Waals surface area (Å²) in [6.45, 7) is 0. The quantitative estimate of drug-likeness (QED) is 0.497. The molecule has 136 valence electrons. The van der Waals surface area contributed by atoms with Gasteiger partial charge in [0.15, 0.2) is 0 Å². The van der Waals surface area contributed by atoms with Gasteiger partial charge in [-0.15, -0.1) is 11.3 Å². The Labute approximate surface area is 160 Å². The van der Waals surface area contributed by atoms with Crippen molar-refractivity contribution in [2.75, 3.05) is 4.72 Å². The Bertz CT molecular complexity index is 1150. The summed E-state index contributed by atoms with van der Waals surface area (Å²) in [6, 6.07) is 18.9. The van der Waals surface area contributed by atoms with Gasteiger partial charge in [-0.1, -0.05) is 24.3 Å². The molecule has 0 aliphatic rings. The smallest absolute Gasteiger partial charge is 0.265 e. The van der Waals surface area contributed by atoms with Crippen molar-refractivity contribution in [1.82, 2.24) is 9.78 Å². The zero-order chi connectivity index (χ0) is 18.9. The fourth-order valence-corrected chi connectivity index (χ4v) is 4.58. The summed E-state index contributed by atoms with van der Waals surface area (Å²) in [5.74, 6) is 0.0640. The van der Waals surface area contributed by atoms with Crippen LogP contribution in [-0.4, -0.2) is 23.3 Å². The van der Waals surface area contributed by atoms with Crippen molar-refractivity contribution in [3.8, 4) is 22.0 Å². The number of aromatic hydroxyl groups is 1. The van der Waals surface area contributed by atoms with Crippen molar-refractivity contribution in [3.05, 3.63) is 78.3 Å². The summed E-state index contributed by atoms with van der Waals surface area (Å²) < 4.78 is 30.1. The lowest BCUT2D eigenvalue weighted by atomic mass is 10.3. The van der Waals surface area contributed by atoms with E-state index in [1.165, 1.54) is 41.8 Å². The number of phenols is 1. The van der Waals surface area contributed by atoms with Crippen molar-refractivity contribution in [2.45, 2.75) is 4.90 Å². The second kappa shape index (κ2) is 6.90. The van der Waals surface area contributed by atoms with Crippen molar-refractivity contribution >= 4 is 27.0 Å². The second-order valence-corrected chi connectivity index (χ2v) is 8.35.